The lowest BCUT2D eigenvalue weighted by Gasteiger charge is -2.26. The maximum atomic E-state index is 6.32. The second kappa shape index (κ2) is 13.0. The third-order valence-electron chi connectivity index (χ3n) is 4.69. The minimum absolute atomic E-state index is 0.124. The predicted octanol–water partition coefficient (Wildman–Crippen LogP) is 6.21. The molecule has 0 aliphatic rings. The van der Waals surface area contributed by atoms with Crippen molar-refractivity contribution in [2.45, 2.75) is 116 Å². The van der Waals surface area contributed by atoms with Crippen molar-refractivity contribution in [1.82, 2.24) is 0 Å². The summed E-state index contributed by atoms with van der Waals surface area (Å²) in [7, 11) is 0. The summed E-state index contributed by atoms with van der Waals surface area (Å²) in [4.78, 5) is 0. The van der Waals surface area contributed by atoms with Crippen LogP contribution >= 0.6 is 0 Å². The Balaban J connectivity index is 3.19. The van der Waals surface area contributed by atoms with Gasteiger partial charge in [0.1, 0.15) is 0 Å². The molecule has 0 aromatic heterocycles. The Kier molecular flexibility index (Phi) is 12.9. The minimum Gasteiger partial charge on any atom is -0.325 e. The Labute approximate surface area is 122 Å². The van der Waals surface area contributed by atoms with Gasteiger partial charge in [0.15, 0.2) is 0 Å². The molecule has 0 radical (unpaired) electrons. The first-order valence-corrected chi connectivity index (χ1v) is 8.97. The number of hydrogen-bond acceptors (Lipinski definition) is 1. The van der Waals surface area contributed by atoms with Gasteiger partial charge in [-0.3, -0.25) is 0 Å². The Morgan fingerprint density at radius 1 is 0.579 bits per heavy atom. The van der Waals surface area contributed by atoms with E-state index in [1.165, 1.54) is 77.0 Å². The van der Waals surface area contributed by atoms with Crippen LogP contribution < -0.4 is 5.73 Å². The van der Waals surface area contributed by atoms with E-state index in [1.54, 1.807) is 0 Å². The molecule has 0 unspecified atom stereocenters. The van der Waals surface area contributed by atoms with Crippen LogP contribution in [0.5, 0.6) is 0 Å². The Morgan fingerprint density at radius 2 is 0.947 bits per heavy atom. The van der Waals surface area contributed by atoms with Gasteiger partial charge in [0.2, 0.25) is 0 Å². The van der Waals surface area contributed by atoms with E-state index in [4.69, 9.17) is 5.73 Å². The molecular formula is C18H39N. The largest absolute Gasteiger partial charge is 0.325 e. The van der Waals surface area contributed by atoms with Gasteiger partial charge in [0, 0.05) is 5.54 Å². The summed E-state index contributed by atoms with van der Waals surface area (Å²) in [5.41, 5.74) is 6.44. The zero-order valence-corrected chi connectivity index (χ0v) is 14.0. The van der Waals surface area contributed by atoms with Crippen LogP contribution in [0.3, 0.4) is 0 Å². The normalized spacial score (nSPS) is 12.0. The molecule has 0 heterocycles. The quantitative estimate of drug-likeness (QED) is 0.373. The van der Waals surface area contributed by atoms with Crippen molar-refractivity contribution in [1.29, 1.82) is 0 Å². The van der Waals surface area contributed by atoms with E-state index in [1.807, 2.05) is 0 Å². The molecule has 0 aliphatic carbocycles. The van der Waals surface area contributed by atoms with Crippen molar-refractivity contribution in [3.05, 3.63) is 0 Å². The number of rotatable bonds is 14. The molecule has 0 aromatic rings. The van der Waals surface area contributed by atoms with Gasteiger partial charge in [0.05, 0.1) is 0 Å². The number of unbranched alkanes of at least 4 members (excludes halogenated alkanes) is 10. The lowest BCUT2D eigenvalue weighted by atomic mass is 9.88. The van der Waals surface area contributed by atoms with Crippen molar-refractivity contribution in [2.24, 2.45) is 5.73 Å². The zero-order chi connectivity index (χ0) is 14.4. The molecule has 0 aromatic carbocycles. The molecule has 0 saturated heterocycles. The first kappa shape index (κ1) is 19.0. The van der Waals surface area contributed by atoms with Gasteiger partial charge in [-0.1, -0.05) is 91.4 Å². The van der Waals surface area contributed by atoms with Gasteiger partial charge in [0.25, 0.3) is 0 Å². The standard InChI is InChI=1S/C18H39N/c1-4-7-8-9-10-11-12-13-14-15-16-17-18(19,5-2)6-3/h4-17,19H2,1-3H3. The van der Waals surface area contributed by atoms with E-state index >= 15 is 0 Å². The van der Waals surface area contributed by atoms with Crippen LogP contribution in [0.2, 0.25) is 0 Å². The average Bonchev–Trinajstić information content (AvgIpc) is 2.44. The summed E-state index contributed by atoms with van der Waals surface area (Å²) in [6, 6.07) is 0. The van der Waals surface area contributed by atoms with Gasteiger partial charge in [-0.05, 0) is 19.3 Å². The van der Waals surface area contributed by atoms with E-state index in [0.717, 1.165) is 12.8 Å². The molecule has 0 atom stereocenters. The zero-order valence-electron chi connectivity index (χ0n) is 14.0. The lowest BCUT2D eigenvalue weighted by Crippen LogP contribution is -2.38. The molecule has 2 N–H and O–H groups in total. The average molecular weight is 270 g/mol. The number of nitrogens with two attached hydrogens (primary N) is 1. The van der Waals surface area contributed by atoms with E-state index < -0.39 is 0 Å². The van der Waals surface area contributed by atoms with Crippen molar-refractivity contribution in [3.63, 3.8) is 0 Å². The minimum atomic E-state index is 0.124. The molecule has 0 saturated carbocycles. The second-order valence-electron chi connectivity index (χ2n) is 6.36. The van der Waals surface area contributed by atoms with E-state index in [9.17, 15) is 0 Å². The van der Waals surface area contributed by atoms with Gasteiger partial charge in [-0.2, -0.15) is 0 Å². The summed E-state index contributed by atoms with van der Waals surface area (Å²) in [6.45, 7) is 6.73. The highest BCUT2D eigenvalue weighted by atomic mass is 14.7. The summed E-state index contributed by atoms with van der Waals surface area (Å²) in [5, 5.41) is 0. The fourth-order valence-corrected chi connectivity index (χ4v) is 2.74. The highest BCUT2D eigenvalue weighted by Crippen LogP contribution is 2.20. The summed E-state index contributed by atoms with van der Waals surface area (Å²) < 4.78 is 0. The molecule has 0 aliphatic heterocycles. The molecule has 0 spiro atoms. The summed E-state index contributed by atoms with van der Waals surface area (Å²) in [5.74, 6) is 0. The van der Waals surface area contributed by atoms with Crippen LogP contribution in [0.4, 0.5) is 0 Å². The Morgan fingerprint density at radius 3 is 1.32 bits per heavy atom. The monoisotopic (exact) mass is 269 g/mol. The molecule has 0 bridgehead atoms. The molecule has 0 fully saturated rings. The fraction of sp³-hybridized carbons (Fsp3) is 1.00. The van der Waals surface area contributed by atoms with E-state index in [-0.39, 0.29) is 5.54 Å². The van der Waals surface area contributed by atoms with Gasteiger partial charge >= 0.3 is 0 Å². The van der Waals surface area contributed by atoms with E-state index in [0.29, 0.717) is 0 Å². The lowest BCUT2D eigenvalue weighted by molar-refractivity contribution is 0.350. The van der Waals surface area contributed by atoms with Crippen LogP contribution in [0.25, 0.3) is 0 Å². The van der Waals surface area contributed by atoms with Crippen LogP contribution in [0, 0.1) is 0 Å². The fourth-order valence-electron chi connectivity index (χ4n) is 2.74. The molecule has 1 nitrogen and oxygen atoms in total. The van der Waals surface area contributed by atoms with Gasteiger partial charge in [-0.25, -0.2) is 0 Å². The highest BCUT2D eigenvalue weighted by molar-refractivity contribution is 4.80. The molecular weight excluding hydrogens is 230 g/mol. The second-order valence-corrected chi connectivity index (χ2v) is 6.36. The first-order chi connectivity index (χ1) is 9.18. The van der Waals surface area contributed by atoms with Gasteiger partial charge in [-0.15, -0.1) is 0 Å². The SMILES string of the molecule is CCCCCCCCCCCCCC(N)(CC)CC. The van der Waals surface area contributed by atoms with Gasteiger partial charge < -0.3 is 5.73 Å². The van der Waals surface area contributed by atoms with Crippen LogP contribution in [-0.2, 0) is 0 Å². The van der Waals surface area contributed by atoms with Crippen molar-refractivity contribution in [3.8, 4) is 0 Å². The smallest absolute Gasteiger partial charge is 0.0149 e. The molecule has 0 rings (SSSR count). The molecule has 0 amide bonds. The predicted molar refractivity (Wildman–Crippen MR) is 88.6 cm³/mol. The Bertz CT molecular complexity index is 173. The maximum absolute atomic E-state index is 6.32. The molecule has 116 valence electrons. The molecule has 19 heavy (non-hydrogen) atoms. The third kappa shape index (κ3) is 11.5. The molecule has 1 heteroatoms. The summed E-state index contributed by atoms with van der Waals surface area (Å²) in [6.07, 6.45) is 19.1. The first-order valence-electron chi connectivity index (χ1n) is 8.97. The topological polar surface area (TPSA) is 26.0 Å². The van der Waals surface area contributed by atoms with Crippen molar-refractivity contribution >= 4 is 0 Å². The van der Waals surface area contributed by atoms with Crippen LogP contribution in [0.1, 0.15) is 111 Å². The maximum Gasteiger partial charge on any atom is 0.0149 e. The summed E-state index contributed by atoms with van der Waals surface area (Å²) >= 11 is 0. The van der Waals surface area contributed by atoms with Crippen LogP contribution in [-0.4, -0.2) is 5.54 Å². The van der Waals surface area contributed by atoms with Crippen molar-refractivity contribution in [2.75, 3.05) is 0 Å². The van der Waals surface area contributed by atoms with Crippen molar-refractivity contribution < 1.29 is 0 Å². The Hall–Kier alpha value is -0.0400. The number of hydrogen-bond donors (Lipinski definition) is 1. The highest BCUT2D eigenvalue weighted by Gasteiger charge is 2.18. The third-order valence-corrected chi connectivity index (χ3v) is 4.69. The van der Waals surface area contributed by atoms with E-state index in [2.05, 4.69) is 20.8 Å². The van der Waals surface area contributed by atoms with Crippen LogP contribution in [0.15, 0.2) is 0 Å².